The van der Waals surface area contributed by atoms with Gasteiger partial charge >= 0.3 is 0 Å². The standard InChI is InChI=1S/C13H23N5/c1(7-18-9-5-15-16-18)6-17-8-4-12(11-17)10-14-13-2-3-13/h5,9,12-14H,1-4,6-8,10-11H2. The van der Waals surface area contributed by atoms with Gasteiger partial charge in [0.2, 0.25) is 0 Å². The van der Waals surface area contributed by atoms with Crippen LogP contribution in [0.1, 0.15) is 25.7 Å². The van der Waals surface area contributed by atoms with Crippen LogP contribution in [0, 0.1) is 5.92 Å². The van der Waals surface area contributed by atoms with Crippen LogP contribution in [0.3, 0.4) is 0 Å². The van der Waals surface area contributed by atoms with Gasteiger partial charge in [0, 0.05) is 25.3 Å². The molecule has 1 aromatic rings. The number of nitrogens with zero attached hydrogens (tertiary/aromatic N) is 4. The van der Waals surface area contributed by atoms with E-state index in [4.69, 9.17) is 0 Å². The van der Waals surface area contributed by atoms with Crippen molar-refractivity contribution < 1.29 is 0 Å². The number of likely N-dealkylation sites (tertiary alicyclic amines) is 1. The van der Waals surface area contributed by atoms with Crippen molar-refractivity contribution in [3.8, 4) is 0 Å². The fraction of sp³-hybridized carbons (Fsp3) is 0.846. The van der Waals surface area contributed by atoms with Gasteiger partial charge in [-0.3, -0.25) is 4.68 Å². The van der Waals surface area contributed by atoms with Gasteiger partial charge in [-0.05, 0) is 51.2 Å². The maximum absolute atomic E-state index is 3.99. The van der Waals surface area contributed by atoms with E-state index in [1.807, 2.05) is 10.9 Å². The highest BCUT2D eigenvalue weighted by molar-refractivity contribution is 4.84. The van der Waals surface area contributed by atoms with E-state index in [1.54, 1.807) is 6.20 Å². The van der Waals surface area contributed by atoms with Gasteiger partial charge in [0.1, 0.15) is 0 Å². The SMILES string of the molecule is c1cn(CCCN2CCC(CNC3CC3)C2)nn1. The first-order valence-corrected chi connectivity index (χ1v) is 7.20. The van der Waals surface area contributed by atoms with Gasteiger partial charge in [0.15, 0.2) is 0 Å². The third-order valence-electron chi connectivity index (χ3n) is 3.98. The molecule has 2 fully saturated rings. The third kappa shape index (κ3) is 3.53. The lowest BCUT2D eigenvalue weighted by molar-refractivity contribution is 0.307. The van der Waals surface area contributed by atoms with E-state index < -0.39 is 0 Å². The van der Waals surface area contributed by atoms with Gasteiger partial charge in [0.25, 0.3) is 0 Å². The van der Waals surface area contributed by atoms with E-state index in [-0.39, 0.29) is 0 Å². The molecule has 100 valence electrons. The van der Waals surface area contributed by atoms with Crippen molar-refractivity contribution in [1.82, 2.24) is 25.2 Å². The van der Waals surface area contributed by atoms with Crippen molar-refractivity contribution in [2.75, 3.05) is 26.2 Å². The Morgan fingerprint density at radius 1 is 1.22 bits per heavy atom. The molecule has 0 spiro atoms. The first kappa shape index (κ1) is 12.1. The number of hydrogen-bond donors (Lipinski definition) is 1. The zero-order valence-electron chi connectivity index (χ0n) is 11.0. The quantitative estimate of drug-likeness (QED) is 0.774. The molecule has 3 rings (SSSR count). The Labute approximate surface area is 109 Å². The van der Waals surface area contributed by atoms with Gasteiger partial charge in [0.05, 0.1) is 6.20 Å². The minimum Gasteiger partial charge on any atom is -0.314 e. The Kier molecular flexibility index (Phi) is 3.90. The summed E-state index contributed by atoms with van der Waals surface area (Å²) in [6.45, 7) is 5.96. The van der Waals surface area contributed by atoms with Crippen molar-refractivity contribution in [2.24, 2.45) is 5.92 Å². The molecule has 2 aliphatic rings. The van der Waals surface area contributed by atoms with Crippen molar-refractivity contribution in [3.63, 3.8) is 0 Å². The smallest absolute Gasteiger partial charge is 0.0692 e. The molecule has 0 aromatic carbocycles. The van der Waals surface area contributed by atoms with E-state index in [9.17, 15) is 0 Å². The molecule has 0 bridgehead atoms. The summed E-state index contributed by atoms with van der Waals surface area (Å²) in [5, 5.41) is 11.5. The maximum Gasteiger partial charge on any atom is 0.0692 e. The summed E-state index contributed by atoms with van der Waals surface area (Å²) >= 11 is 0. The predicted molar refractivity (Wildman–Crippen MR) is 70.2 cm³/mol. The topological polar surface area (TPSA) is 46.0 Å². The zero-order valence-corrected chi connectivity index (χ0v) is 11.0. The van der Waals surface area contributed by atoms with Gasteiger partial charge in [-0.2, -0.15) is 0 Å². The van der Waals surface area contributed by atoms with Gasteiger partial charge in [-0.15, -0.1) is 5.10 Å². The molecule has 5 nitrogen and oxygen atoms in total. The van der Waals surface area contributed by atoms with Crippen LogP contribution in [-0.4, -0.2) is 52.1 Å². The van der Waals surface area contributed by atoms with Gasteiger partial charge in [-0.1, -0.05) is 5.21 Å². The minimum absolute atomic E-state index is 0.853. The lowest BCUT2D eigenvalue weighted by Crippen LogP contribution is -2.28. The molecular formula is C13H23N5. The van der Waals surface area contributed by atoms with Crippen LogP contribution in [0.2, 0.25) is 0 Å². The van der Waals surface area contributed by atoms with Crippen LogP contribution in [0.4, 0.5) is 0 Å². The molecule has 1 atom stereocenters. The molecule has 2 heterocycles. The van der Waals surface area contributed by atoms with Crippen LogP contribution in [-0.2, 0) is 6.54 Å². The molecule has 1 N–H and O–H groups in total. The zero-order chi connectivity index (χ0) is 12.2. The molecule has 0 amide bonds. The summed E-state index contributed by atoms with van der Waals surface area (Å²) in [7, 11) is 0. The number of rotatable bonds is 7. The summed E-state index contributed by atoms with van der Waals surface area (Å²) in [5.74, 6) is 0.872. The summed E-state index contributed by atoms with van der Waals surface area (Å²) in [6, 6.07) is 0.853. The van der Waals surface area contributed by atoms with Crippen LogP contribution in [0.15, 0.2) is 12.4 Å². The third-order valence-corrected chi connectivity index (χ3v) is 3.98. The van der Waals surface area contributed by atoms with E-state index in [0.717, 1.165) is 18.5 Å². The van der Waals surface area contributed by atoms with E-state index in [2.05, 4.69) is 20.5 Å². The number of nitrogens with one attached hydrogen (secondary N) is 1. The summed E-state index contributed by atoms with van der Waals surface area (Å²) < 4.78 is 1.92. The average Bonchev–Trinajstić information content (AvgIpc) is 2.89. The molecule has 5 heteroatoms. The molecule has 1 saturated carbocycles. The molecule has 1 saturated heterocycles. The molecule has 1 unspecified atom stereocenters. The Bertz CT molecular complexity index is 346. The van der Waals surface area contributed by atoms with E-state index >= 15 is 0 Å². The number of aryl methyl sites for hydroxylation is 1. The Balaban J connectivity index is 1.29. The Morgan fingerprint density at radius 3 is 2.94 bits per heavy atom. The van der Waals surface area contributed by atoms with Crippen molar-refractivity contribution in [3.05, 3.63) is 12.4 Å². The number of aromatic nitrogens is 3. The fourth-order valence-electron chi connectivity index (χ4n) is 2.71. The molecule has 0 radical (unpaired) electrons. The van der Waals surface area contributed by atoms with Crippen molar-refractivity contribution in [1.29, 1.82) is 0 Å². The largest absolute Gasteiger partial charge is 0.314 e. The highest BCUT2D eigenvalue weighted by Crippen LogP contribution is 2.21. The molecule has 1 aromatic heterocycles. The lowest BCUT2D eigenvalue weighted by Gasteiger charge is -2.16. The normalized spacial score (nSPS) is 24.8. The van der Waals surface area contributed by atoms with Crippen LogP contribution < -0.4 is 5.32 Å². The van der Waals surface area contributed by atoms with Crippen LogP contribution in [0.5, 0.6) is 0 Å². The highest BCUT2D eigenvalue weighted by Gasteiger charge is 2.25. The van der Waals surface area contributed by atoms with Crippen molar-refractivity contribution in [2.45, 2.75) is 38.3 Å². The maximum atomic E-state index is 3.99. The first-order chi connectivity index (χ1) is 8.90. The lowest BCUT2D eigenvalue weighted by atomic mass is 10.1. The molecular weight excluding hydrogens is 226 g/mol. The highest BCUT2D eigenvalue weighted by atomic mass is 15.4. The first-order valence-electron chi connectivity index (χ1n) is 7.20. The van der Waals surface area contributed by atoms with E-state index in [0.29, 0.717) is 0 Å². The Morgan fingerprint density at radius 2 is 2.17 bits per heavy atom. The number of hydrogen-bond acceptors (Lipinski definition) is 4. The molecule has 1 aliphatic carbocycles. The van der Waals surface area contributed by atoms with Crippen LogP contribution in [0.25, 0.3) is 0 Å². The second-order valence-electron chi connectivity index (χ2n) is 5.66. The summed E-state index contributed by atoms with van der Waals surface area (Å²) in [4.78, 5) is 2.59. The Hall–Kier alpha value is -0.940. The minimum atomic E-state index is 0.853. The summed E-state index contributed by atoms with van der Waals surface area (Å²) in [5.41, 5.74) is 0. The average molecular weight is 249 g/mol. The fourth-order valence-corrected chi connectivity index (χ4v) is 2.71. The second-order valence-corrected chi connectivity index (χ2v) is 5.66. The predicted octanol–water partition coefficient (Wildman–Crippen LogP) is 0.742. The van der Waals surface area contributed by atoms with Crippen LogP contribution >= 0.6 is 0 Å². The summed E-state index contributed by atoms with van der Waals surface area (Å²) in [6.07, 6.45) is 9.01. The monoisotopic (exact) mass is 249 g/mol. The molecule has 18 heavy (non-hydrogen) atoms. The van der Waals surface area contributed by atoms with Gasteiger partial charge < -0.3 is 10.2 Å². The van der Waals surface area contributed by atoms with Gasteiger partial charge in [-0.25, -0.2) is 0 Å². The second kappa shape index (κ2) is 5.80. The molecule has 1 aliphatic heterocycles. The van der Waals surface area contributed by atoms with Crippen molar-refractivity contribution >= 4 is 0 Å². The van der Waals surface area contributed by atoms with E-state index in [1.165, 1.54) is 51.9 Å².